The molecule has 0 N–H and O–H groups in total. The summed E-state index contributed by atoms with van der Waals surface area (Å²) in [6, 6.07) is 21.5. The first-order valence-electron chi connectivity index (χ1n) is 12.4. The minimum absolute atomic E-state index is 0.131. The van der Waals surface area contributed by atoms with E-state index in [2.05, 4.69) is 9.97 Å². The number of rotatable bonds is 2. The first kappa shape index (κ1) is 29.2. The fraction of sp³-hybridized carbons (Fsp3) is 0. The van der Waals surface area contributed by atoms with Gasteiger partial charge in [-0.05, 0) is 41.5 Å². The minimum Gasteiger partial charge on any atom is -0.208 e. The molecule has 11 nitrogen and oxygen atoms in total. The van der Waals surface area contributed by atoms with E-state index in [1.165, 1.54) is 6.07 Å². The molecule has 0 radical (unpaired) electrons. The van der Waals surface area contributed by atoms with Crippen LogP contribution < -0.4 is 0 Å². The molecule has 2 heterocycles. The number of hydrogen-bond donors (Lipinski definition) is 0. The van der Waals surface area contributed by atoms with Gasteiger partial charge in [0.1, 0.15) is 77.2 Å². The molecule has 0 unspecified atom stereocenters. The number of aromatic nitrogens is 2. The van der Waals surface area contributed by atoms with Crippen LogP contribution in [0, 0.1) is 114 Å². The third-order valence-electron chi connectivity index (χ3n) is 7.11. The molecule has 0 fully saturated rings. The Kier molecular flexibility index (Phi) is 7.12. The molecule has 5 rings (SSSR count). The van der Waals surface area contributed by atoms with Crippen molar-refractivity contribution in [2.75, 3.05) is 0 Å². The number of allylic oxidation sites excluding steroid dienone is 8. The van der Waals surface area contributed by atoms with Crippen molar-refractivity contribution in [1.82, 2.24) is 9.97 Å². The van der Waals surface area contributed by atoms with E-state index in [4.69, 9.17) is 10.5 Å². The predicted octanol–water partition coefficient (Wildman–Crippen LogP) is 4.87. The number of fused-ring (bicyclic) bond motifs is 2. The Morgan fingerprint density at radius 1 is 0.500 bits per heavy atom. The summed E-state index contributed by atoms with van der Waals surface area (Å²) in [4.78, 5) is 7.10. The van der Waals surface area contributed by atoms with Gasteiger partial charge in [0.15, 0.2) is 0 Å². The van der Waals surface area contributed by atoms with Crippen LogP contribution >= 0.6 is 0 Å². The second-order valence-corrected chi connectivity index (χ2v) is 9.17. The van der Waals surface area contributed by atoms with E-state index in [-0.39, 0.29) is 78.2 Å². The Bertz CT molecular complexity index is 2340. The lowest BCUT2D eigenvalue weighted by Gasteiger charge is -2.13. The number of nitrogens with zero attached hydrogens (tertiary/aromatic N) is 11. The van der Waals surface area contributed by atoms with Crippen molar-refractivity contribution in [1.29, 1.82) is 47.4 Å². The highest BCUT2D eigenvalue weighted by Crippen LogP contribution is 2.56. The lowest BCUT2D eigenvalue weighted by Crippen LogP contribution is -2.00. The predicted molar refractivity (Wildman–Crippen MR) is 150 cm³/mol. The summed E-state index contributed by atoms with van der Waals surface area (Å²) < 4.78 is 30.7. The van der Waals surface area contributed by atoms with Gasteiger partial charge in [-0.1, -0.05) is 0 Å². The summed E-state index contributed by atoms with van der Waals surface area (Å²) in [5.74, 6) is -2.46. The molecule has 0 saturated carbocycles. The Hall–Kier alpha value is -8.25. The normalized spacial score (nSPS) is 12.1. The van der Waals surface area contributed by atoms with Gasteiger partial charge in [-0.3, -0.25) is 0 Å². The van der Waals surface area contributed by atoms with Gasteiger partial charge < -0.3 is 0 Å². The van der Waals surface area contributed by atoms with E-state index >= 15 is 8.78 Å². The molecule has 1 aromatic carbocycles. The van der Waals surface area contributed by atoms with Crippen LogP contribution in [-0.2, 0) is 0 Å². The maximum absolute atomic E-state index is 15.3. The molecule has 0 amide bonds. The van der Waals surface area contributed by atoms with Crippen LogP contribution in [0.1, 0.15) is 50.3 Å². The van der Waals surface area contributed by atoms with E-state index < -0.39 is 28.6 Å². The third-order valence-corrected chi connectivity index (χ3v) is 7.11. The van der Waals surface area contributed by atoms with Crippen LogP contribution in [0.3, 0.4) is 0 Å². The van der Waals surface area contributed by atoms with Crippen molar-refractivity contribution >= 4 is 33.4 Å². The Balaban J connectivity index is 2.04. The average Bonchev–Trinajstić information content (AvgIpc) is 3.57. The fourth-order valence-corrected chi connectivity index (χ4v) is 5.40. The van der Waals surface area contributed by atoms with Crippen molar-refractivity contribution < 1.29 is 8.78 Å². The van der Waals surface area contributed by atoms with Gasteiger partial charge in [0.05, 0.1) is 16.7 Å². The first-order chi connectivity index (χ1) is 22.3. The van der Waals surface area contributed by atoms with Crippen molar-refractivity contribution in [2.24, 2.45) is 0 Å². The lowest BCUT2D eigenvalue weighted by atomic mass is 9.87. The van der Waals surface area contributed by atoms with E-state index in [9.17, 15) is 36.8 Å². The summed E-state index contributed by atoms with van der Waals surface area (Å²) in [7, 11) is 0. The molecule has 13 heteroatoms. The standard InChI is InChI=1S/C33H5F2N11/c34-32-19(3-1-17(10-40)45-32)30-24(13-43)28-21(26(30)15(6-36)7-37)5-22-27(16(8-38)9-39)31(25(14-44)29(22)23(28)12-42)20-4-2-18(11-41)46-33(20)35/h1-5H. The number of hydrogen-bond acceptors (Lipinski definition) is 11. The number of pyridine rings is 2. The molecule has 2 aliphatic carbocycles. The molecule has 0 spiro atoms. The second kappa shape index (κ2) is 11.2. The molecule has 46 heavy (non-hydrogen) atoms. The molecular weight excluding hydrogens is 588 g/mol. The number of nitriles is 9. The molecule has 0 aliphatic heterocycles. The highest BCUT2D eigenvalue weighted by Gasteiger charge is 2.41. The summed E-state index contributed by atoms with van der Waals surface area (Å²) >= 11 is 0. The van der Waals surface area contributed by atoms with Crippen molar-refractivity contribution in [2.45, 2.75) is 0 Å². The maximum atomic E-state index is 15.3. The number of benzene rings is 1. The zero-order valence-corrected chi connectivity index (χ0v) is 22.6. The van der Waals surface area contributed by atoms with E-state index in [1.54, 1.807) is 36.4 Å². The second-order valence-electron chi connectivity index (χ2n) is 9.17. The first-order valence-corrected chi connectivity index (χ1v) is 12.4. The summed E-state index contributed by atoms with van der Waals surface area (Å²) in [6.07, 6.45) is 0. The van der Waals surface area contributed by atoms with Crippen molar-refractivity contribution in [3.63, 3.8) is 0 Å². The monoisotopic (exact) mass is 593 g/mol. The molecule has 2 aliphatic rings. The van der Waals surface area contributed by atoms with Crippen LogP contribution in [0.2, 0.25) is 0 Å². The largest absolute Gasteiger partial charge is 0.222 e. The maximum Gasteiger partial charge on any atom is 0.222 e. The minimum atomic E-state index is -1.23. The third kappa shape index (κ3) is 4.01. The van der Waals surface area contributed by atoms with Crippen LogP contribution in [0.15, 0.2) is 41.5 Å². The SMILES string of the molecule is N#CC(C#N)=C1C(c2ccc(C#N)nc2F)=C(C#N)c2c1cc1c(c2C#N)C(C#N)=C(c2ccc(C#N)nc2F)C1=C(C#N)C#N. The van der Waals surface area contributed by atoms with Crippen molar-refractivity contribution in [3.05, 3.63) is 104 Å². The van der Waals surface area contributed by atoms with Crippen LogP contribution in [0.5, 0.6) is 0 Å². The summed E-state index contributed by atoms with van der Waals surface area (Å²) in [5, 5.41) is 89.0. The van der Waals surface area contributed by atoms with Gasteiger partial charge in [-0.25, -0.2) is 9.97 Å². The zero-order valence-electron chi connectivity index (χ0n) is 22.6. The molecule has 0 atom stereocenters. The highest BCUT2D eigenvalue weighted by molar-refractivity contribution is 6.30. The zero-order chi connectivity index (χ0) is 33.3. The molecule has 3 aromatic rings. The van der Waals surface area contributed by atoms with E-state index in [0.29, 0.717) is 0 Å². The molecular formula is C33H5F2N11. The van der Waals surface area contributed by atoms with Crippen LogP contribution in [-0.4, -0.2) is 9.97 Å². The average molecular weight is 593 g/mol. The Morgan fingerprint density at radius 2 is 0.891 bits per heavy atom. The molecule has 2 aromatic heterocycles. The van der Waals surface area contributed by atoms with Gasteiger partial charge in [-0.15, -0.1) is 0 Å². The van der Waals surface area contributed by atoms with E-state index in [1.807, 2.05) is 18.2 Å². The van der Waals surface area contributed by atoms with Gasteiger partial charge >= 0.3 is 0 Å². The van der Waals surface area contributed by atoms with Crippen LogP contribution in [0.4, 0.5) is 8.78 Å². The topological polar surface area (TPSA) is 240 Å². The van der Waals surface area contributed by atoms with Gasteiger partial charge in [0, 0.05) is 44.5 Å². The Labute approximate surface area is 257 Å². The van der Waals surface area contributed by atoms with Gasteiger partial charge in [0.2, 0.25) is 11.9 Å². The van der Waals surface area contributed by atoms with Crippen molar-refractivity contribution in [3.8, 4) is 54.6 Å². The highest BCUT2D eigenvalue weighted by atomic mass is 19.1. The smallest absolute Gasteiger partial charge is 0.208 e. The van der Waals surface area contributed by atoms with E-state index in [0.717, 1.165) is 24.3 Å². The quantitative estimate of drug-likeness (QED) is 0.287. The number of halogens is 2. The molecule has 0 bridgehead atoms. The van der Waals surface area contributed by atoms with Crippen LogP contribution in [0.25, 0.3) is 33.4 Å². The summed E-state index contributed by atoms with van der Waals surface area (Å²) in [6.45, 7) is 0. The fourth-order valence-electron chi connectivity index (χ4n) is 5.40. The lowest BCUT2D eigenvalue weighted by molar-refractivity contribution is 0.578. The van der Waals surface area contributed by atoms with Gasteiger partial charge in [-0.2, -0.15) is 56.1 Å². The van der Waals surface area contributed by atoms with Gasteiger partial charge in [0.25, 0.3) is 0 Å². The molecule has 0 saturated heterocycles. The molecule has 206 valence electrons. The Morgan fingerprint density at radius 3 is 1.17 bits per heavy atom. The summed E-state index contributed by atoms with van der Waals surface area (Å²) in [5.41, 5.74) is -5.67.